The summed E-state index contributed by atoms with van der Waals surface area (Å²) in [6.07, 6.45) is 0.242. The molecule has 0 radical (unpaired) electrons. The van der Waals surface area contributed by atoms with Gasteiger partial charge in [0.1, 0.15) is 6.23 Å². The molecule has 5 rings (SSSR count). The van der Waals surface area contributed by atoms with Crippen LogP contribution in [0.1, 0.15) is 34.1 Å². The van der Waals surface area contributed by atoms with Crippen LogP contribution >= 0.6 is 0 Å². The first-order chi connectivity index (χ1) is 9.64. The van der Waals surface area contributed by atoms with Crippen LogP contribution in [0.4, 0.5) is 0 Å². The zero-order chi connectivity index (χ0) is 15.2. The van der Waals surface area contributed by atoms with Gasteiger partial charge in [-0.1, -0.05) is 13.8 Å². The van der Waals surface area contributed by atoms with Gasteiger partial charge < -0.3 is 14.7 Å². The monoisotopic (exact) mass is 292 g/mol. The van der Waals surface area contributed by atoms with Crippen LogP contribution in [0.15, 0.2) is 0 Å². The molecule has 4 heterocycles. The normalized spacial score (nSPS) is 63.2. The van der Waals surface area contributed by atoms with Gasteiger partial charge in [0.05, 0.1) is 16.2 Å². The van der Waals surface area contributed by atoms with Crippen molar-refractivity contribution in [1.29, 1.82) is 0 Å². The van der Waals surface area contributed by atoms with Crippen LogP contribution in [0.2, 0.25) is 0 Å². The zero-order valence-electron chi connectivity index (χ0n) is 12.8. The Labute approximate surface area is 123 Å². The van der Waals surface area contributed by atoms with E-state index in [2.05, 4.69) is 0 Å². The maximum atomic E-state index is 13.1. The summed E-state index contributed by atoms with van der Waals surface area (Å²) in [7, 11) is 0. The van der Waals surface area contributed by atoms with Gasteiger partial charge in [-0.3, -0.25) is 14.5 Å². The third-order valence-electron chi connectivity index (χ3n) is 8.29. The fourth-order valence-electron chi connectivity index (χ4n) is 6.77. The summed E-state index contributed by atoms with van der Waals surface area (Å²) in [5, 5.41) is 11.3. The number of nitrogens with zero attached hydrogens (tertiary/aromatic N) is 2. The lowest BCUT2D eigenvalue weighted by atomic mass is 9.27. The summed E-state index contributed by atoms with van der Waals surface area (Å²) in [4.78, 5) is 29.4. The third-order valence-corrected chi connectivity index (χ3v) is 8.29. The van der Waals surface area contributed by atoms with E-state index in [1.54, 1.807) is 4.90 Å². The Morgan fingerprint density at radius 1 is 1.10 bits per heavy atom. The number of aliphatic hydroxyl groups is 1. The van der Waals surface area contributed by atoms with Gasteiger partial charge in [0, 0.05) is 18.5 Å². The van der Waals surface area contributed by atoms with Crippen molar-refractivity contribution in [2.45, 2.75) is 46.3 Å². The van der Waals surface area contributed by atoms with Crippen molar-refractivity contribution >= 4 is 11.8 Å². The Morgan fingerprint density at radius 3 is 2.43 bits per heavy atom. The van der Waals surface area contributed by atoms with Crippen molar-refractivity contribution < 1.29 is 19.4 Å². The Morgan fingerprint density at radius 2 is 1.76 bits per heavy atom. The molecule has 0 aromatic rings. The Bertz CT molecular complexity index is 652. The van der Waals surface area contributed by atoms with E-state index in [0.717, 1.165) is 0 Å². The second-order valence-electron chi connectivity index (χ2n) is 7.96. The number of rotatable bonds is 0. The fourth-order valence-corrected chi connectivity index (χ4v) is 6.77. The molecular formula is C15H20N2O4. The predicted octanol–water partition coefficient (Wildman–Crippen LogP) is 0.116. The predicted molar refractivity (Wildman–Crippen MR) is 70.3 cm³/mol. The first kappa shape index (κ1) is 12.4. The number of carbonyl (C=O) groups is 2. The zero-order valence-corrected chi connectivity index (χ0v) is 12.8. The van der Waals surface area contributed by atoms with E-state index in [1.807, 2.05) is 27.7 Å². The summed E-state index contributed by atoms with van der Waals surface area (Å²) in [5.74, 6) is -1.71. The highest BCUT2D eigenvalue weighted by Crippen LogP contribution is 2.91. The lowest BCUT2D eigenvalue weighted by Gasteiger charge is -2.69. The van der Waals surface area contributed by atoms with Crippen LogP contribution in [0.25, 0.3) is 0 Å². The van der Waals surface area contributed by atoms with Crippen LogP contribution in [-0.4, -0.2) is 51.9 Å². The van der Waals surface area contributed by atoms with E-state index in [9.17, 15) is 14.7 Å². The molecule has 4 aliphatic heterocycles. The van der Waals surface area contributed by atoms with E-state index in [1.165, 1.54) is 4.90 Å². The van der Waals surface area contributed by atoms with Gasteiger partial charge in [-0.2, -0.15) is 0 Å². The lowest BCUT2D eigenvalue weighted by molar-refractivity contribution is -0.342. The Kier molecular flexibility index (Phi) is 1.55. The number of ether oxygens (including phenoxy) is 1. The fraction of sp³-hybridized carbons (Fsp3) is 0.867. The third kappa shape index (κ3) is 0.649. The molecule has 6 atom stereocenters. The van der Waals surface area contributed by atoms with Gasteiger partial charge in [-0.05, 0) is 20.3 Å². The van der Waals surface area contributed by atoms with Gasteiger partial charge in [0.2, 0.25) is 11.8 Å². The van der Waals surface area contributed by atoms with Crippen LogP contribution in [0, 0.1) is 21.7 Å². The molecule has 1 N–H and O–H groups in total. The van der Waals surface area contributed by atoms with E-state index in [4.69, 9.17) is 4.74 Å². The van der Waals surface area contributed by atoms with E-state index in [-0.39, 0.29) is 11.8 Å². The van der Waals surface area contributed by atoms with E-state index in [0.29, 0.717) is 19.5 Å². The number of hydrogen-bond donors (Lipinski definition) is 1. The Hall–Kier alpha value is -1.14. The highest BCUT2D eigenvalue weighted by atomic mass is 16.7. The molecule has 2 bridgehead atoms. The Balaban J connectivity index is 1.95. The molecule has 6 heteroatoms. The van der Waals surface area contributed by atoms with Crippen molar-refractivity contribution in [3.05, 3.63) is 0 Å². The summed E-state index contributed by atoms with van der Waals surface area (Å²) in [5.41, 5.74) is -3.03. The molecule has 5 fully saturated rings. The van der Waals surface area contributed by atoms with Crippen LogP contribution in [0.3, 0.4) is 0 Å². The minimum absolute atomic E-state index is 0.00845. The molecule has 6 nitrogen and oxygen atoms in total. The first-order valence-corrected chi connectivity index (χ1v) is 7.67. The van der Waals surface area contributed by atoms with Crippen LogP contribution in [0.5, 0.6) is 0 Å². The van der Waals surface area contributed by atoms with Gasteiger partial charge in [-0.15, -0.1) is 0 Å². The first-order valence-electron chi connectivity index (χ1n) is 7.67. The summed E-state index contributed by atoms with van der Waals surface area (Å²) < 4.78 is 6.03. The van der Waals surface area contributed by atoms with Gasteiger partial charge in [-0.25, -0.2) is 0 Å². The number of hydrogen-bond acceptors (Lipinski definition) is 4. The molecule has 1 saturated carbocycles. The quantitative estimate of drug-likeness (QED) is 0.688. The molecule has 0 aromatic carbocycles. The SMILES string of the molecule is C[C@]12C(=O)N3CCCN4C(=O)[C@@]1(C)[C@@]1(C)C4(O)OC3[C@@]21C. The highest BCUT2D eigenvalue weighted by molar-refractivity contribution is 6.02. The van der Waals surface area contributed by atoms with Crippen molar-refractivity contribution in [3.8, 4) is 0 Å². The smallest absolute Gasteiger partial charge is 0.260 e. The van der Waals surface area contributed by atoms with Crippen molar-refractivity contribution in [2.75, 3.05) is 13.1 Å². The topological polar surface area (TPSA) is 70.1 Å². The lowest BCUT2D eigenvalue weighted by Crippen LogP contribution is -2.77. The standard InChI is InChI=1S/C15H20N2O4/c1-11-8(18)16-6-5-7-17-9(19)12(11,2)14(4)13(11,3)10(16)21-15(14,17)20/h10,20H,5-7H2,1-4H3/t10?,11-,12+,13-,14+,15?/m0/s1. The highest BCUT2D eigenvalue weighted by Gasteiger charge is 3.03. The summed E-state index contributed by atoms with van der Waals surface area (Å²) in [6.45, 7) is 8.70. The second-order valence-corrected chi connectivity index (χ2v) is 7.96. The van der Waals surface area contributed by atoms with Crippen molar-refractivity contribution in [2.24, 2.45) is 21.7 Å². The minimum Gasteiger partial charge on any atom is -0.348 e. The molecule has 21 heavy (non-hydrogen) atoms. The number of carbonyl (C=O) groups excluding carboxylic acids is 2. The summed E-state index contributed by atoms with van der Waals surface area (Å²) in [6, 6.07) is 0. The van der Waals surface area contributed by atoms with Crippen molar-refractivity contribution in [1.82, 2.24) is 9.80 Å². The van der Waals surface area contributed by atoms with Gasteiger partial charge >= 0.3 is 0 Å². The molecule has 2 amide bonds. The van der Waals surface area contributed by atoms with Gasteiger partial charge in [0.25, 0.3) is 5.91 Å². The van der Waals surface area contributed by atoms with Crippen LogP contribution < -0.4 is 0 Å². The maximum absolute atomic E-state index is 13.1. The number of amides is 2. The number of fused-ring (bicyclic) bond motifs is 1. The molecule has 1 aliphatic carbocycles. The molecule has 114 valence electrons. The largest absolute Gasteiger partial charge is 0.348 e. The van der Waals surface area contributed by atoms with E-state index < -0.39 is 33.8 Å². The second kappa shape index (κ2) is 2.63. The summed E-state index contributed by atoms with van der Waals surface area (Å²) >= 11 is 0. The molecule has 0 aromatic heterocycles. The van der Waals surface area contributed by atoms with Gasteiger partial charge in [0.15, 0.2) is 0 Å². The molecule has 4 saturated heterocycles. The molecule has 5 aliphatic rings. The molecule has 2 unspecified atom stereocenters. The van der Waals surface area contributed by atoms with Crippen LogP contribution in [-0.2, 0) is 14.3 Å². The maximum Gasteiger partial charge on any atom is 0.260 e. The van der Waals surface area contributed by atoms with E-state index >= 15 is 0 Å². The minimum atomic E-state index is -1.59. The molecule has 0 spiro atoms. The van der Waals surface area contributed by atoms with Crippen molar-refractivity contribution in [3.63, 3.8) is 0 Å². The average Bonchev–Trinajstić information content (AvgIpc) is 2.76. The average molecular weight is 292 g/mol. The molecular weight excluding hydrogens is 272 g/mol.